The fourth-order valence-corrected chi connectivity index (χ4v) is 0.699. The molecular formula is C6H13N7O. The van der Waals surface area contributed by atoms with Crippen LogP contribution in [0.25, 0.3) is 0 Å². The van der Waals surface area contributed by atoms with Crippen molar-refractivity contribution in [2.75, 3.05) is 23.5 Å². The molecular weight excluding hydrogens is 186 g/mol. The summed E-state index contributed by atoms with van der Waals surface area (Å²) >= 11 is 0. The molecule has 1 rings (SSSR count). The van der Waals surface area contributed by atoms with Gasteiger partial charge in [-0.3, -0.25) is 5.43 Å². The zero-order valence-electron chi connectivity index (χ0n) is 7.73. The second-order valence-corrected chi connectivity index (χ2v) is 2.73. The first kappa shape index (κ1) is 10.4. The monoisotopic (exact) mass is 199 g/mol. The molecule has 1 heterocycles. The van der Waals surface area contributed by atoms with Crippen molar-refractivity contribution in [3.63, 3.8) is 0 Å². The van der Waals surface area contributed by atoms with Crippen LogP contribution in [0, 0.1) is 0 Å². The number of nitrogens with zero attached hydrogens (tertiary/aromatic N) is 3. The summed E-state index contributed by atoms with van der Waals surface area (Å²) in [6.07, 6.45) is 0. The van der Waals surface area contributed by atoms with Crippen molar-refractivity contribution in [1.82, 2.24) is 20.4 Å². The lowest BCUT2D eigenvalue weighted by molar-refractivity contribution is 0.257. The molecule has 0 aliphatic carbocycles. The van der Waals surface area contributed by atoms with Crippen LogP contribution in [0.1, 0.15) is 6.92 Å². The van der Waals surface area contributed by atoms with Gasteiger partial charge in [0.2, 0.25) is 17.8 Å². The fraction of sp³-hybridized carbons (Fsp3) is 0.500. The molecule has 1 atom stereocenters. The summed E-state index contributed by atoms with van der Waals surface area (Å²) in [6, 6.07) is -0.130. The highest BCUT2D eigenvalue weighted by Gasteiger charge is 2.02. The van der Waals surface area contributed by atoms with Crippen molar-refractivity contribution in [2.45, 2.75) is 13.0 Å². The molecule has 14 heavy (non-hydrogen) atoms. The van der Waals surface area contributed by atoms with Crippen LogP contribution in [0.15, 0.2) is 0 Å². The van der Waals surface area contributed by atoms with E-state index in [0.717, 1.165) is 0 Å². The lowest BCUT2D eigenvalue weighted by Crippen LogP contribution is -2.35. The minimum atomic E-state index is -0.130. The third-order valence-electron chi connectivity index (χ3n) is 1.37. The molecule has 0 saturated heterocycles. The first-order chi connectivity index (χ1) is 6.61. The van der Waals surface area contributed by atoms with Gasteiger partial charge in [-0.15, -0.1) is 0 Å². The Morgan fingerprint density at radius 2 is 1.86 bits per heavy atom. The van der Waals surface area contributed by atoms with Gasteiger partial charge < -0.3 is 16.6 Å². The number of aromatic nitrogens is 3. The smallest absolute Gasteiger partial charge is 0.243 e. The van der Waals surface area contributed by atoms with Gasteiger partial charge in [-0.25, -0.2) is 5.43 Å². The highest BCUT2D eigenvalue weighted by atomic mass is 16.3. The number of nitrogens with two attached hydrogens (primary N) is 2. The maximum absolute atomic E-state index is 8.72. The van der Waals surface area contributed by atoms with Crippen LogP contribution in [0.5, 0.6) is 0 Å². The van der Waals surface area contributed by atoms with Gasteiger partial charge in [-0.1, -0.05) is 0 Å². The highest BCUT2D eigenvalue weighted by Crippen LogP contribution is 2.01. The lowest BCUT2D eigenvalue weighted by Gasteiger charge is -2.11. The summed E-state index contributed by atoms with van der Waals surface area (Å²) in [6.45, 7) is 1.77. The second-order valence-electron chi connectivity index (χ2n) is 2.73. The van der Waals surface area contributed by atoms with Crippen LogP contribution in [0.3, 0.4) is 0 Å². The van der Waals surface area contributed by atoms with E-state index < -0.39 is 0 Å². The molecule has 8 heteroatoms. The van der Waals surface area contributed by atoms with Crippen LogP contribution in [0.4, 0.5) is 17.8 Å². The van der Waals surface area contributed by atoms with E-state index in [-0.39, 0.29) is 30.5 Å². The molecule has 0 amide bonds. The molecule has 8 nitrogen and oxygen atoms in total. The summed E-state index contributed by atoms with van der Waals surface area (Å²) in [4.78, 5) is 11.1. The minimum Gasteiger partial charge on any atom is -0.395 e. The predicted molar refractivity (Wildman–Crippen MR) is 52.0 cm³/mol. The van der Waals surface area contributed by atoms with Crippen LogP contribution < -0.4 is 22.3 Å². The van der Waals surface area contributed by atoms with Crippen molar-refractivity contribution in [3.8, 4) is 0 Å². The second kappa shape index (κ2) is 4.53. The molecule has 7 N–H and O–H groups in total. The van der Waals surface area contributed by atoms with E-state index in [9.17, 15) is 0 Å². The average Bonchev–Trinajstić information content (AvgIpc) is 2.12. The number of aliphatic hydroxyl groups excluding tert-OH is 1. The number of hydrogen-bond donors (Lipinski definition) is 5. The van der Waals surface area contributed by atoms with Gasteiger partial charge in [0.25, 0.3) is 0 Å². The van der Waals surface area contributed by atoms with Crippen LogP contribution in [0.2, 0.25) is 0 Å². The zero-order valence-corrected chi connectivity index (χ0v) is 7.73. The molecule has 0 bridgehead atoms. The van der Waals surface area contributed by atoms with Crippen LogP contribution in [-0.4, -0.2) is 32.7 Å². The Morgan fingerprint density at radius 1 is 1.29 bits per heavy atom. The maximum Gasteiger partial charge on any atom is 0.243 e. The van der Waals surface area contributed by atoms with E-state index in [1.807, 2.05) is 0 Å². The Kier molecular flexibility index (Phi) is 3.37. The normalized spacial score (nSPS) is 12.4. The summed E-state index contributed by atoms with van der Waals surface area (Å²) in [5, 5.41) is 8.72. The summed E-state index contributed by atoms with van der Waals surface area (Å²) in [5.74, 6) is 0.298. The van der Waals surface area contributed by atoms with Crippen LogP contribution >= 0.6 is 0 Å². The van der Waals surface area contributed by atoms with Crippen molar-refractivity contribution < 1.29 is 5.11 Å². The van der Waals surface area contributed by atoms with Gasteiger partial charge in [0.05, 0.1) is 6.61 Å². The van der Waals surface area contributed by atoms with Crippen LogP contribution in [-0.2, 0) is 0 Å². The Bertz CT molecular complexity index is 284. The average molecular weight is 199 g/mol. The number of hydrogen-bond acceptors (Lipinski definition) is 8. The van der Waals surface area contributed by atoms with Crippen molar-refractivity contribution in [1.29, 1.82) is 0 Å². The third kappa shape index (κ3) is 2.99. The Hall–Kier alpha value is -1.67. The number of hydrazine groups is 1. The molecule has 0 aliphatic rings. The quantitative estimate of drug-likeness (QED) is 0.363. The lowest BCUT2D eigenvalue weighted by atomic mass is 10.4. The van der Waals surface area contributed by atoms with Crippen molar-refractivity contribution in [3.05, 3.63) is 0 Å². The molecule has 0 fully saturated rings. The molecule has 1 aromatic rings. The Morgan fingerprint density at radius 3 is 2.36 bits per heavy atom. The maximum atomic E-state index is 8.72. The topological polar surface area (TPSA) is 135 Å². The fourth-order valence-electron chi connectivity index (χ4n) is 0.699. The van der Waals surface area contributed by atoms with E-state index in [0.29, 0.717) is 0 Å². The van der Waals surface area contributed by atoms with E-state index in [1.165, 1.54) is 0 Å². The zero-order chi connectivity index (χ0) is 10.6. The predicted octanol–water partition coefficient (Wildman–Crippen LogP) is -1.67. The molecule has 0 spiro atoms. The number of nitrogen functional groups attached to an aromatic ring is 2. The number of aliphatic hydroxyl groups is 1. The van der Waals surface area contributed by atoms with Gasteiger partial charge >= 0.3 is 0 Å². The molecule has 1 aromatic heterocycles. The van der Waals surface area contributed by atoms with E-state index in [2.05, 4.69) is 25.8 Å². The molecule has 0 aromatic carbocycles. The Balaban J connectivity index is 2.58. The largest absolute Gasteiger partial charge is 0.395 e. The number of rotatable bonds is 4. The van der Waals surface area contributed by atoms with Crippen molar-refractivity contribution >= 4 is 17.8 Å². The molecule has 0 aliphatic heterocycles. The standard InChI is InChI=1S/C6H13N7O/c1-3(2-14)12-13-6-10-4(7)9-5(8)11-6/h3,12,14H,2H2,1H3,(H5,7,8,9,10,11,13). The van der Waals surface area contributed by atoms with Crippen molar-refractivity contribution in [2.24, 2.45) is 0 Å². The van der Waals surface area contributed by atoms with Gasteiger partial charge in [0.1, 0.15) is 0 Å². The third-order valence-corrected chi connectivity index (χ3v) is 1.37. The van der Waals surface area contributed by atoms with Gasteiger partial charge in [0, 0.05) is 6.04 Å². The highest BCUT2D eigenvalue weighted by molar-refractivity contribution is 5.36. The van der Waals surface area contributed by atoms with Gasteiger partial charge in [0.15, 0.2) is 0 Å². The first-order valence-corrected chi connectivity index (χ1v) is 4.01. The number of nitrogens with one attached hydrogen (secondary N) is 2. The minimum absolute atomic E-state index is 0.0109. The van der Waals surface area contributed by atoms with Gasteiger partial charge in [-0.05, 0) is 6.92 Å². The number of anilines is 3. The Labute approximate surface area is 80.7 Å². The summed E-state index contributed by atoms with van der Waals surface area (Å²) in [5.41, 5.74) is 16.1. The first-order valence-electron chi connectivity index (χ1n) is 4.01. The molecule has 0 radical (unpaired) electrons. The van der Waals surface area contributed by atoms with E-state index in [1.54, 1.807) is 6.92 Å². The van der Waals surface area contributed by atoms with E-state index >= 15 is 0 Å². The van der Waals surface area contributed by atoms with Gasteiger partial charge in [-0.2, -0.15) is 15.0 Å². The molecule has 78 valence electrons. The molecule has 0 saturated carbocycles. The summed E-state index contributed by atoms with van der Waals surface area (Å²) in [7, 11) is 0. The SMILES string of the molecule is CC(CO)NNc1nc(N)nc(N)n1. The molecule has 1 unspecified atom stereocenters. The summed E-state index contributed by atoms with van der Waals surface area (Å²) < 4.78 is 0. The van der Waals surface area contributed by atoms with E-state index in [4.69, 9.17) is 16.6 Å².